The van der Waals surface area contributed by atoms with Crippen LogP contribution in [0, 0.1) is 0 Å². The van der Waals surface area contributed by atoms with Crippen LogP contribution in [-0.2, 0) is 6.42 Å². The average molecular weight is 430 g/mol. The largest absolute Gasteiger partial charge is 0.493 e. The van der Waals surface area contributed by atoms with Crippen molar-refractivity contribution in [1.29, 1.82) is 0 Å². The highest BCUT2D eigenvalue weighted by atomic mass is 79.9. The van der Waals surface area contributed by atoms with Crippen molar-refractivity contribution in [2.45, 2.75) is 13.3 Å². The molecule has 0 unspecified atom stereocenters. The van der Waals surface area contributed by atoms with Crippen molar-refractivity contribution in [3.05, 3.63) is 56.5 Å². The molecular formula is C19H16BrN3O4. The molecule has 7 nitrogen and oxygen atoms in total. The smallest absolute Gasteiger partial charge is 0.282 e. The highest BCUT2D eigenvalue weighted by Crippen LogP contribution is 2.41. The minimum absolute atomic E-state index is 0.148. The first-order valence-corrected chi connectivity index (χ1v) is 9.13. The van der Waals surface area contributed by atoms with Gasteiger partial charge in [0, 0.05) is 16.5 Å². The summed E-state index contributed by atoms with van der Waals surface area (Å²) in [5.41, 5.74) is 1.15. The Hall–Kier alpha value is -2.87. The van der Waals surface area contributed by atoms with Gasteiger partial charge in [0.1, 0.15) is 5.82 Å². The van der Waals surface area contributed by atoms with Gasteiger partial charge in [-0.25, -0.2) is 4.98 Å². The zero-order valence-corrected chi connectivity index (χ0v) is 16.3. The van der Waals surface area contributed by atoms with Gasteiger partial charge in [-0.3, -0.25) is 4.79 Å². The van der Waals surface area contributed by atoms with Crippen LogP contribution in [0.4, 0.5) is 0 Å². The van der Waals surface area contributed by atoms with E-state index in [2.05, 4.69) is 26.0 Å². The lowest BCUT2D eigenvalue weighted by Crippen LogP contribution is -2.22. The molecular weight excluding hydrogens is 414 g/mol. The third-order valence-electron chi connectivity index (χ3n) is 4.19. The predicted octanol–water partition coefficient (Wildman–Crippen LogP) is 3.34. The van der Waals surface area contributed by atoms with Gasteiger partial charge in [0.15, 0.2) is 11.5 Å². The predicted molar refractivity (Wildman–Crippen MR) is 105 cm³/mol. The van der Waals surface area contributed by atoms with Crippen LogP contribution in [0.5, 0.6) is 17.2 Å². The van der Waals surface area contributed by atoms with Crippen molar-refractivity contribution in [2.75, 3.05) is 13.9 Å². The van der Waals surface area contributed by atoms with Crippen molar-refractivity contribution in [2.24, 2.45) is 5.10 Å². The van der Waals surface area contributed by atoms with Gasteiger partial charge >= 0.3 is 0 Å². The molecule has 1 aliphatic heterocycles. The molecule has 138 valence electrons. The SMILES string of the molecule is CCc1nc2ccc(Br)cc2c(=O)n1N=Cc1cc(OC)c2c(c1)OCO2. The van der Waals surface area contributed by atoms with Crippen LogP contribution in [0.2, 0.25) is 0 Å². The molecule has 3 aromatic rings. The Bertz CT molecular complexity index is 1120. The summed E-state index contributed by atoms with van der Waals surface area (Å²) in [6.07, 6.45) is 2.15. The Labute approximate surface area is 163 Å². The summed E-state index contributed by atoms with van der Waals surface area (Å²) in [5.74, 6) is 2.28. The summed E-state index contributed by atoms with van der Waals surface area (Å²) in [7, 11) is 1.56. The lowest BCUT2D eigenvalue weighted by atomic mass is 10.2. The number of halogens is 1. The fourth-order valence-corrected chi connectivity index (χ4v) is 3.25. The highest BCUT2D eigenvalue weighted by Gasteiger charge is 2.19. The van der Waals surface area contributed by atoms with Gasteiger partial charge in [-0.05, 0) is 30.3 Å². The van der Waals surface area contributed by atoms with Crippen molar-refractivity contribution < 1.29 is 14.2 Å². The van der Waals surface area contributed by atoms with Gasteiger partial charge in [0.05, 0.1) is 24.2 Å². The number of hydrogen-bond donors (Lipinski definition) is 0. The third-order valence-corrected chi connectivity index (χ3v) is 4.69. The third kappa shape index (κ3) is 3.16. The number of fused-ring (bicyclic) bond motifs is 2. The van der Waals surface area contributed by atoms with Gasteiger partial charge in [-0.1, -0.05) is 22.9 Å². The Morgan fingerprint density at radius 1 is 1.33 bits per heavy atom. The second-order valence-electron chi connectivity index (χ2n) is 5.86. The molecule has 0 aliphatic carbocycles. The van der Waals surface area contributed by atoms with Crippen LogP contribution in [0.15, 0.2) is 44.7 Å². The van der Waals surface area contributed by atoms with E-state index in [1.807, 2.05) is 19.1 Å². The van der Waals surface area contributed by atoms with Gasteiger partial charge in [-0.15, -0.1) is 0 Å². The molecule has 1 aliphatic rings. The summed E-state index contributed by atoms with van der Waals surface area (Å²) >= 11 is 3.39. The number of aromatic nitrogens is 2. The standard InChI is InChI=1S/C19H16BrN3O4/c1-3-17-22-14-5-4-12(20)8-13(14)19(24)23(17)21-9-11-6-15(25-2)18-16(7-11)26-10-27-18/h4-9H,3,10H2,1-2H3. The van der Waals surface area contributed by atoms with Crippen molar-refractivity contribution in [1.82, 2.24) is 9.66 Å². The van der Waals surface area contributed by atoms with E-state index in [4.69, 9.17) is 14.2 Å². The molecule has 0 spiro atoms. The lowest BCUT2D eigenvalue weighted by Gasteiger charge is -2.08. The molecule has 0 radical (unpaired) electrons. The summed E-state index contributed by atoms with van der Waals surface area (Å²) < 4.78 is 18.3. The van der Waals surface area contributed by atoms with E-state index in [1.165, 1.54) is 4.68 Å². The molecule has 0 bridgehead atoms. The number of aryl methyl sites for hydroxylation is 1. The van der Waals surface area contributed by atoms with Crippen LogP contribution >= 0.6 is 15.9 Å². The number of ether oxygens (including phenoxy) is 3. The van der Waals surface area contributed by atoms with Gasteiger partial charge in [0.25, 0.3) is 5.56 Å². The van der Waals surface area contributed by atoms with E-state index >= 15 is 0 Å². The maximum absolute atomic E-state index is 12.9. The van der Waals surface area contributed by atoms with Crippen LogP contribution in [0.1, 0.15) is 18.3 Å². The molecule has 0 amide bonds. The number of hydrogen-bond acceptors (Lipinski definition) is 6. The molecule has 2 aromatic carbocycles. The van der Waals surface area contributed by atoms with Crippen molar-refractivity contribution in [3.63, 3.8) is 0 Å². The Balaban J connectivity index is 1.81. The number of nitrogens with zero attached hydrogens (tertiary/aromatic N) is 3. The van der Waals surface area contributed by atoms with Crippen LogP contribution < -0.4 is 19.8 Å². The average Bonchev–Trinajstić information content (AvgIpc) is 3.15. The van der Waals surface area contributed by atoms with Gasteiger partial charge < -0.3 is 14.2 Å². The summed E-state index contributed by atoms with van der Waals surface area (Å²) in [5, 5.41) is 4.88. The zero-order valence-electron chi connectivity index (χ0n) is 14.7. The highest BCUT2D eigenvalue weighted by molar-refractivity contribution is 9.10. The summed E-state index contributed by atoms with van der Waals surface area (Å²) in [6, 6.07) is 8.99. The molecule has 0 atom stereocenters. The van der Waals surface area contributed by atoms with Crippen molar-refractivity contribution >= 4 is 33.0 Å². The Kier molecular flexibility index (Phi) is 4.57. The van der Waals surface area contributed by atoms with Crippen LogP contribution in [0.25, 0.3) is 10.9 Å². The molecule has 27 heavy (non-hydrogen) atoms. The number of benzene rings is 2. The van der Waals surface area contributed by atoms with Crippen LogP contribution in [0.3, 0.4) is 0 Å². The van der Waals surface area contributed by atoms with E-state index in [0.29, 0.717) is 40.4 Å². The molecule has 1 aromatic heterocycles. The minimum atomic E-state index is -0.220. The Morgan fingerprint density at radius 2 is 2.19 bits per heavy atom. The first-order valence-electron chi connectivity index (χ1n) is 8.34. The maximum atomic E-state index is 12.9. The number of rotatable bonds is 4. The first kappa shape index (κ1) is 17.5. The fraction of sp³-hybridized carbons (Fsp3) is 0.211. The van der Waals surface area contributed by atoms with E-state index in [1.54, 1.807) is 31.5 Å². The van der Waals surface area contributed by atoms with Crippen molar-refractivity contribution in [3.8, 4) is 17.2 Å². The van der Waals surface area contributed by atoms with E-state index in [-0.39, 0.29) is 12.4 Å². The Morgan fingerprint density at radius 3 is 2.96 bits per heavy atom. The molecule has 4 rings (SSSR count). The monoisotopic (exact) mass is 429 g/mol. The number of methoxy groups -OCH3 is 1. The molecule has 0 N–H and O–H groups in total. The fourth-order valence-electron chi connectivity index (χ4n) is 2.89. The topological polar surface area (TPSA) is 74.9 Å². The second kappa shape index (κ2) is 7.03. The van der Waals surface area contributed by atoms with E-state index < -0.39 is 0 Å². The summed E-state index contributed by atoms with van der Waals surface area (Å²) in [4.78, 5) is 17.5. The van der Waals surface area contributed by atoms with E-state index in [9.17, 15) is 4.79 Å². The first-order chi connectivity index (χ1) is 13.1. The van der Waals surface area contributed by atoms with Gasteiger partial charge in [0.2, 0.25) is 12.5 Å². The molecule has 8 heteroatoms. The lowest BCUT2D eigenvalue weighted by molar-refractivity contribution is 0.171. The van der Waals surface area contributed by atoms with Gasteiger partial charge in [-0.2, -0.15) is 9.78 Å². The zero-order chi connectivity index (χ0) is 19.0. The summed E-state index contributed by atoms with van der Waals surface area (Å²) in [6.45, 7) is 2.08. The quantitative estimate of drug-likeness (QED) is 0.594. The van der Waals surface area contributed by atoms with Crippen LogP contribution in [-0.4, -0.2) is 29.8 Å². The molecule has 0 saturated heterocycles. The minimum Gasteiger partial charge on any atom is -0.493 e. The normalized spacial score (nSPS) is 12.9. The second-order valence-corrected chi connectivity index (χ2v) is 6.78. The molecule has 0 saturated carbocycles. The molecule has 0 fully saturated rings. The van der Waals surface area contributed by atoms with E-state index in [0.717, 1.165) is 10.0 Å². The maximum Gasteiger partial charge on any atom is 0.282 e. The molecule has 2 heterocycles.